The fourth-order valence-corrected chi connectivity index (χ4v) is 2.26. The first kappa shape index (κ1) is 13.1. The van der Waals surface area contributed by atoms with Crippen molar-refractivity contribution in [2.45, 2.75) is 38.7 Å². The van der Waals surface area contributed by atoms with Crippen LogP contribution < -0.4 is 10.1 Å². The van der Waals surface area contributed by atoms with E-state index in [9.17, 15) is 4.79 Å². The van der Waals surface area contributed by atoms with Crippen LogP contribution in [0.15, 0.2) is 24.3 Å². The molecule has 3 heteroatoms. The van der Waals surface area contributed by atoms with Gasteiger partial charge in [-0.25, -0.2) is 0 Å². The number of hydrogen-bond acceptors (Lipinski definition) is 3. The predicted octanol–water partition coefficient (Wildman–Crippen LogP) is 2.80. The number of Topliss-reactive ketones (excluding diaryl/α,β-unsaturated/α-hetero) is 1. The molecule has 0 aliphatic heterocycles. The van der Waals surface area contributed by atoms with Gasteiger partial charge < -0.3 is 10.1 Å². The van der Waals surface area contributed by atoms with Crippen LogP contribution in [0, 0.1) is 0 Å². The third-order valence-electron chi connectivity index (χ3n) is 3.32. The number of carbonyl (C=O) groups excluding carboxylic acids is 1. The van der Waals surface area contributed by atoms with Crippen molar-refractivity contribution >= 4 is 5.78 Å². The van der Waals surface area contributed by atoms with Gasteiger partial charge in [-0.05, 0) is 56.5 Å². The zero-order chi connectivity index (χ0) is 12.8. The minimum absolute atomic E-state index is 0.129. The Morgan fingerprint density at radius 1 is 1.28 bits per heavy atom. The normalized spacial score (nSPS) is 15.8. The molecule has 98 valence electrons. The lowest BCUT2D eigenvalue weighted by molar-refractivity contribution is 0.0991. The van der Waals surface area contributed by atoms with Gasteiger partial charge in [0.1, 0.15) is 5.75 Å². The molecule has 1 fully saturated rings. The molecule has 1 saturated carbocycles. The maximum Gasteiger partial charge on any atom is 0.176 e. The molecular weight excluding hydrogens is 226 g/mol. The molecule has 1 N–H and O–H groups in total. The minimum Gasteiger partial charge on any atom is -0.490 e. The zero-order valence-corrected chi connectivity index (χ0v) is 10.9. The lowest BCUT2D eigenvalue weighted by atomic mass is 10.1. The second-order valence-corrected chi connectivity index (χ2v) is 4.75. The van der Waals surface area contributed by atoms with Gasteiger partial charge in [0.25, 0.3) is 0 Å². The second kappa shape index (κ2) is 6.55. The Balaban J connectivity index is 1.90. The predicted molar refractivity (Wildman–Crippen MR) is 72.2 cm³/mol. The summed E-state index contributed by atoms with van der Waals surface area (Å²) in [5.74, 6) is 1.01. The van der Waals surface area contributed by atoms with E-state index < -0.39 is 0 Å². The standard InChI is InChI=1S/C15H21NO2/c1-2-16-11-15(17)12-7-9-14(10-8-12)18-13-5-3-4-6-13/h7-10,13,16H,2-6,11H2,1H3. The quantitative estimate of drug-likeness (QED) is 0.786. The van der Waals surface area contributed by atoms with Crippen LogP contribution in [-0.4, -0.2) is 25.0 Å². The molecule has 0 heterocycles. The molecule has 0 saturated heterocycles. The molecule has 0 atom stereocenters. The van der Waals surface area contributed by atoms with Gasteiger partial charge in [-0.2, -0.15) is 0 Å². The highest BCUT2D eigenvalue weighted by Crippen LogP contribution is 2.24. The van der Waals surface area contributed by atoms with E-state index >= 15 is 0 Å². The molecule has 0 radical (unpaired) electrons. The SMILES string of the molecule is CCNCC(=O)c1ccc(OC2CCCC2)cc1. The summed E-state index contributed by atoms with van der Waals surface area (Å²) < 4.78 is 5.86. The molecule has 0 bridgehead atoms. The maximum atomic E-state index is 11.8. The molecule has 1 aromatic carbocycles. The molecule has 1 aliphatic carbocycles. The van der Waals surface area contributed by atoms with Crippen LogP contribution in [0.25, 0.3) is 0 Å². The van der Waals surface area contributed by atoms with Crippen molar-refractivity contribution < 1.29 is 9.53 Å². The van der Waals surface area contributed by atoms with Crippen molar-refractivity contribution in [1.29, 1.82) is 0 Å². The molecule has 18 heavy (non-hydrogen) atoms. The van der Waals surface area contributed by atoms with Crippen molar-refractivity contribution in [1.82, 2.24) is 5.32 Å². The Morgan fingerprint density at radius 3 is 2.56 bits per heavy atom. The first-order chi connectivity index (χ1) is 8.79. The molecule has 0 spiro atoms. The Hall–Kier alpha value is -1.35. The number of nitrogens with one attached hydrogen (secondary N) is 1. The summed E-state index contributed by atoms with van der Waals surface area (Å²) in [5, 5.41) is 3.04. The van der Waals surface area contributed by atoms with Crippen LogP contribution >= 0.6 is 0 Å². The third kappa shape index (κ3) is 3.57. The third-order valence-corrected chi connectivity index (χ3v) is 3.32. The smallest absolute Gasteiger partial charge is 0.176 e. The average molecular weight is 247 g/mol. The largest absolute Gasteiger partial charge is 0.490 e. The highest BCUT2D eigenvalue weighted by atomic mass is 16.5. The Morgan fingerprint density at radius 2 is 1.94 bits per heavy atom. The van der Waals surface area contributed by atoms with Crippen LogP contribution in [0.4, 0.5) is 0 Å². The lowest BCUT2D eigenvalue weighted by Gasteiger charge is -2.13. The van der Waals surface area contributed by atoms with Crippen molar-refractivity contribution in [3.05, 3.63) is 29.8 Å². The van der Waals surface area contributed by atoms with Crippen molar-refractivity contribution in [3.63, 3.8) is 0 Å². The van der Waals surface area contributed by atoms with E-state index in [1.165, 1.54) is 12.8 Å². The van der Waals surface area contributed by atoms with Crippen LogP contribution in [0.3, 0.4) is 0 Å². The first-order valence-electron chi connectivity index (χ1n) is 6.80. The Labute approximate surface area is 109 Å². The molecule has 0 amide bonds. The van der Waals surface area contributed by atoms with Crippen molar-refractivity contribution in [3.8, 4) is 5.75 Å². The van der Waals surface area contributed by atoms with E-state index in [1.807, 2.05) is 31.2 Å². The van der Waals surface area contributed by atoms with E-state index in [-0.39, 0.29) is 5.78 Å². The highest BCUT2D eigenvalue weighted by Gasteiger charge is 2.16. The minimum atomic E-state index is 0.129. The lowest BCUT2D eigenvalue weighted by Crippen LogP contribution is -2.22. The molecule has 0 aromatic heterocycles. The second-order valence-electron chi connectivity index (χ2n) is 4.75. The molecule has 1 aliphatic rings. The number of hydrogen-bond donors (Lipinski definition) is 1. The molecule has 2 rings (SSSR count). The van der Waals surface area contributed by atoms with Crippen molar-refractivity contribution in [2.24, 2.45) is 0 Å². The van der Waals surface area contributed by atoms with Crippen LogP contribution in [0.1, 0.15) is 43.0 Å². The summed E-state index contributed by atoms with van der Waals surface area (Å²) in [5.41, 5.74) is 0.745. The maximum absolute atomic E-state index is 11.8. The van der Waals surface area contributed by atoms with Gasteiger partial charge in [-0.1, -0.05) is 6.92 Å². The van der Waals surface area contributed by atoms with E-state index in [0.29, 0.717) is 12.6 Å². The number of rotatable bonds is 6. The fraction of sp³-hybridized carbons (Fsp3) is 0.533. The summed E-state index contributed by atoms with van der Waals surface area (Å²) in [6.07, 6.45) is 5.21. The van der Waals surface area contributed by atoms with Gasteiger partial charge in [0.05, 0.1) is 12.6 Å². The van der Waals surface area contributed by atoms with E-state index in [0.717, 1.165) is 30.7 Å². The van der Waals surface area contributed by atoms with E-state index in [4.69, 9.17) is 4.74 Å². The Bertz CT molecular complexity index is 380. The monoisotopic (exact) mass is 247 g/mol. The average Bonchev–Trinajstić information content (AvgIpc) is 2.89. The van der Waals surface area contributed by atoms with Crippen LogP contribution in [0.5, 0.6) is 5.75 Å². The first-order valence-corrected chi connectivity index (χ1v) is 6.80. The van der Waals surface area contributed by atoms with Crippen LogP contribution in [-0.2, 0) is 0 Å². The number of ketones is 1. The van der Waals surface area contributed by atoms with Gasteiger partial charge in [-0.3, -0.25) is 4.79 Å². The number of benzene rings is 1. The van der Waals surface area contributed by atoms with Crippen molar-refractivity contribution in [2.75, 3.05) is 13.1 Å². The molecule has 3 nitrogen and oxygen atoms in total. The highest BCUT2D eigenvalue weighted by molar-refractivity contribution is 5.97. The molecule has 1 aromatic rings. The fourth-order valence-electron chi connectivity index (χ4n) is 2.26. The number of ether oxygens (including phenoxy) is 1. The summed E-state index contributed by atoms with van der Waals surface area (Å²) in [6.45, 7) is 3.21. The summed E-state index contributed by atoms with van der Waals surface area (Å²) in [4.78, 5) is 11.8. The number of likely N-dealkylation sites (N-methyl/N-ethyl adjacent to an activating group) is 1. The van der Waals surface area contributed by atoms with Gasteiger partial charge in [0.2, 0.25) is 0 Å². The topological polar surface area (TPSA) is 38.3 Å². The van der Waals surface area contributed by atoms with Gasteiger partial charge in [0, 0.05) is 5.56 Å². The summed E-state index contributed by atoms with van der Waals surface area (Å²) in [6, 6.07) is 7.50. The van der Waals surface area contributed by atoms with E-state index in [2.05, 4.69) is 5.32 Å². The van der Waals surface area contributed by atoms with Gasteiger partial charge >= 0.3 is 0 Å². The summed E-state index contributed by atoms with van der Waals surface area (Å²) >= 11 is 0. The van der Waals surface area contributed by atoms with Gasteiger partial charge in [0.15, 0.2) is 5.78 Å². The molecular formula is C15H21NO2. The number of carbonyl (C=O) groups is 1. The van der Waals surface area contributed by atoms with E-state index in [1.54, 1.807) is 0 Å². The Kier molecular flexibility index (Phi) is 4.76. The van der Waals surface area contributed by atoms with Crippen LogP contribution in [0.2, 0.25) is 0 Å². The van der Waals surface area contributed by atoms with Gasteiger partial charge in [-0.15, -0.1) is 0 Å². The molecule has 0 unspecified atom stereocenters. The zero-order valence-electron chi connectivity index (χ0n) is 10.9. The summed E-state index contributed by atoms with van der Waals surface area (Å²) in [7, 11) is 0.